The maximum absolute atomic E-state index is 14.1. The third kappa shape index (κ3) is 18.4. The van der Waals surface area contributed by atoms with Crippen LogP contribution in [0, 0.1) is 5.92 Å². The highest BCUT2D eigenvalue weighted by molar-refractivity contribution is 5.98. The van der Waals surface area contributed by atoms with Crippen LogP contribution < -0.4 is 54.8 Å². The molecule has 1 aromatic carbocycles. The number of aromatic amines is 1. The number of imidazole rings is 1. The molecule has 0 aliphatic heterocycles. The number of nitrogens with one attached hydrogen (secondary N) is 7. The Kier molecular flexibility index (Phi) is 21.5. The summed E-state index contributed by atoms with van der Waals surface area (Å²) in [5.41, 5.74) is 22.4. The van der Waals surface area contributed by atoms with Crippen molar-refractivity contribution in [1.82, 2.24) is 41.9 Å². The number of hydrogen-bond acceptors (Lipinski definition) is 12. The number of carboxylic acid groups (broad SMARTS) is 2. The number of benzene rings is 1. The van der Waals surface area contributed by atoms with Crippen LogP contribution in [0.5, 0.6) is 0 Å². The zero-order chi connectivity index (χ0) is 46.4. The second kappa shape index (κ2) is 26.2. The number of primary amides is 1. The van der Waals surface area contributed by atoms with Crippen LogP contribution in [0.25, 0.3) is 0 Å². The molecule has 1 heterocycles. The molecule has 0 spiro atoms. The summed E-state index contributed by atoms with van der Waals surface area (Å²) in [4.78, 5) is 127. The van der Waals surface area contributed by atoms with Crippen molar-refractivity contribution >= 4 is 59.2 Å². The molecule has 1 aromatic heterocycles. The molecule has 0 saturated heterocycles. The minimum absolute atomic E-state index is 0.0213. The number of hydrogen-bond donors (Lipinski definition) is 13. The van der Waals surface area contributed by atoms with E-state index in [1.165, 1.54) is 12.5 Å². The Balaban J connectivity index is 2.46. The van der Waals surface area contributed by atoms with E-state index in [0.29, 0.717) is 17.7 Å². The van der Waals surface area contributed by atoms with E-state index in [0.717, 1.165) is 0 Å². The molecule has 0 fully saturated rings. The number of nitrogens with zero attached hydrogens (tertiary/aromatic N) is 2. The standard InChI is InChI=1S/C38H57N13O11/c1-3-20(2)31(51-33(57)24(11-12-28(40)52)46-29(53)17-39)36(60)47-23(10-7-13-44-38(41)42)32(56)48-25(14-21-8-5-4-6-9-21)34(58)49-26(16-30(54)55)35(59)50-27(37(61)62)15-22-18-43-19-45-22/h4-6,8-9,18-20,23-27,31H,3,7,10-17,39H2,1-2H3,(H2,40,52)(H,43,45)(H,46,53)(H,47,60)(H,48,56)(H,49,58)(H,50,59)(H,51,57)(H,54,55)(H,61,62)(H4,41,42,44)/t20-,23-,24-,25-,26-,27-,31-/m0/s1. The van der Waals surface area contributed by atoms with E-state index in [-0.39, 0.29) is 51.0 Å². The average molecular weight is 872 g/mol. The maximum atomic E-state index is 14.1. The summed E-state index contributed by atoms with van der Waals surface area (Å²) in [6.07, 6.45) is 1.09. The van der Waals surface area contributed by atoms with Crippen LogP contribution in [0.3, 0.4) is 0 Å². The molecule has 7 atom stereocenters. The first-order valence-corrected chi connectivity index (χ1v) is 19.7. The van der Waals surface area contributed by atoms with Gasteiger partial charge in [0.2, 0.25) is 41.4 Å². The number of aliphatic carboxylic acids is 2. The Morgan fingerprint density at radius 2 is 1.32 bits per heavy atom. The summed E-state index contributed by atoms with van der Waals surface area (Å²) >= 11 is 0. The number of aliphatic imine (C=N–C) groups is 1. The quantitative estimate of drug-likeness (QED) is 0.0220. The van der Waals surface area contributed by atoms with Crippen molar-refractivity contribution in [2.45, 2.75) is 101 Å². The van der Waals surface area contributed by atoms with Gasteiger partial charge in [-0.25, -0.2) is 9.78 Å². The van der Waals surface area contributed by atoms with E-state index < -0.39 is 108 Å². The fraction of sp³-hybridized carbons (Fsp3) is 0.500. The van der Waals surface area contributed by atoms with Crippen LogP contribution in [0.15, 0.2) is 47.8 Å². The lowest BCUT2D eigenvalue weighted by Gasteiger charge is -2.29. The molecule has 0 radical (unpaired) electrons. The SMILES string of the molecule is CC[C@H](C)[C@H](NC(=O)[C@H](CCC(N)=O)NC(=O)CN)C(=O)N[C@@H](CCCN=C(N)N)C(=O)N[C@@H](Cc1ccccc1)C(=O)N[C@@H](CC(=O)O)C(=O)N[C@@H](Cc1cnc[nH]1)C(=O)O. The van der Waals surface area contributed by atoms with E-state index in [9.17, 15) is 53.4 Å². The van der Waals surface area contributed by atoms with Crippen molar-refractivity contribution in [3.05, 3.63) is 54.1 Å². The van der Waals surface area contributed by atoms with Crippen molar-refractivity contribution in [2.75, 3.05) is 13.1 Å². The number of rotatable bonds is 28. The van der Waals surface area contributed by atoms with Gasteiger partial charge in [-0.15, -0.1) is 0 Å². The number of amides is 7. The molecule has 340 valence electrons. The van der Waals surface area contributed by atoms with Gasteiger partial charge in [-0.05, 0) is 30.7 Å². The summed E-state index contributed by atoms with van der Waals surface area (Å²) in [6.45, 7) is 2.94. The first kappa shape index (κ1) is 51.0. The second-order valence-electron chi connectivity index (χ2n) is 14.3. The Morgan fingerprint density at radius 1 is 0.742 bits per heavy atom. The van der Waals surface area contributed by atoms with Gasteiger partial charge in [-0.1, -0.05) is 50.6 Å². The van der Waals surface area contributed by atoms with Crippen molar-refractivity contribution in [1.29, 1.82) is 0 Å². The zero-order valence-corrected chi connectivity index (χ0v) is 34.4. The minimum Gasteiger partial charge on any atom is -0.481 e. The van der Waals surface area contributed by atoms with Gasteiger partial charge in [0.15, 0.2) is 5.96 Å². The highest BCUT2D eigenvalue weighted by Gasteiger charge is 2.35. The number of H-pyrrole nitrogens is 1. The first-order valence-electron chi connectivity index (χ1n) is 19.7. The lowest BCUT2D eigenvalue weighted by Crippen LogP contribution is -2.61. The Labute approximate surface area is 356 Å². The topological polar surface area (TPSA) is 411 Å². The monoisotopic (exact) mass is 871 g/mol. The molecular weight excluding hydrogens is 814 g/mol. The molecule has 7 amide bonds. The van der Waals surface area contributed by atoms with Crippen LogP contribution in [0.4, 0.5) is 0 Å². The van der Waals surface area contributed by atoms with Crippen LogP contribution in [0.1, 0.15) is 63.6 Å². The van der Waals surface area contributed by atoms with Crippen molar-refractivity contribution in [2.24, 2.45) is 33.8 Å². The van der Waals surface area contributed by atoms with Crippen molar-refractivity contribution in [3.8, 4) is 0 Å². The molecular formula is C38H57N13O11. The summed E-state index contributed by atoms with van der Waals surface area (Å²) in [6, 6.07) is -0.567. The lowest BCUT2D eigenvalue weighted by molar-refractivity contribution is -0.143. The second-order valence-corrected chi connectivity index (χ2v) is 14.3. The summed E-state index contributed by atoms with van der Waals surface area (Å²) < 4.78 is 0. The molecule has 0 bridgehead atoms. The molecule has 0 aliphatic carbocycles. The fourth-order valence-electron chi connectivity index (χ4n) is 5.87. The van der Waals surface area contributed by atoms with Gasteiger partial charge in [0.1, 0.15) is 36.3 Å². The fourth-order valence-corrected chi connectivity index (χ4v) is 5.87. The van der Waals surface area contributed by atoms with Crippen molar-refractivity contribution < 1.29 is 53.4 Å². The highest BCUT2D eigenvalue weighted by Crippen LogP contribution is 2.12. The van der Waals surface area contributed by atoms with E-state index in [2.05, 4.69) is 46.9 Å². The van der Waals surface area contributed by atoms with Crippen LogP contribution in [0.2, 0.25) is 0 Å². The van der Waals surface area contributed by atoms with Crippen molar-refractivity contribution in [3.63, 3.8) is 0 Å². The van der Waals surface area contributed by atoms with E-state index in [1.807, 2.05) is 0 Å². The minimum atomic E-state index is -1.81. The molecule has 17 N–H and O–H groups in total. The third-order valence-corrected chi connectivity index (χ3v) is 9.41. The summed E-state index contributed by atoms with van der Waals surface area (Å²) in [5, 5.41) is 34.1. The Bertz CT molecular complexity index is 1870. The van der Waals surface area contributed by atoms with Gasteiger partial charge in [0.25, 0.3) is 0 Å². The average Bonchev–Trinajstić information content (AvgIpc) is 3.74. The third-order valence-electron chi connectivity index (χ3n) is 9.41. The predicted octanol–water partition coefficient (Wildman–Crippen LogP) is -4.01. The molecule has 0 aliphatic rings. The molecule has 0 saturated carbocycles. The van der Waals surface area contributed by atoms with Gasteiger partial charge in [0, 0.05) is 37.7 Å². The van der Waals surface area contributed by atoms with Gasteiger partial charge in [-0.2, -0.15) is 0 Å². The number of carbonyl (C=O) groups is 9. The molecule has 2 aromatic rings. The predicted molar refractivity (Wildman–Crippen MR) is 221 cm³/mol. The van der Waals surface area contributed by atoms with Crippen LogP contribution in [-0.2, 0) is 56.0 Å². The number of guanidine groups is 1. The van der Waals surface area contributed by atoms with E-state index >= 15 is 0 Å². The maximum Gasteiger partial charge on any atom is 0.326 e. The summed E-state index contributed by atoms with van der Waals surface area (Å²) in [7, 11) is 0. The van der Waals surface area contributed by atoms with Gasteiger partial charge >= 0.3 is 11.9 Å². The largest absolute Gasteiger partial charge is 0.481 e. The molecule has 24 heteroatoms. The normalized spacial score (nSPS) is 14.2. The van der Waals surface area contributed by atoms with E-state index in [4.69, 9.17) is 22.9 Å². The Hall–Kier alpha value is -7.11. The van der Waals surface area contributed by atoms with Crippen LogP contribution >= 0.6 is 0 Å². The highest BCUT2D eigenvalue weighted by atomic mass is 16.4. The van der Waals surface area contributed by atoms with Gasteiger partial charge < -0.3 is 70.0 Å². The molecule has 24 nitrogen and oxygen atoms in total. The molecule has 2 rings (SSSR count). The lowest BCUT2D eigenvalue weighted by atomic mass is 9.96. The first-order chi connectivity index (χ1) is 29.3. The van der Waals surface area contributed by atoms with Gasteiger partial charge in [-0.3, -0.25) is 43.3 Å². The van der Waals surface area contributed by atoms with Crippen LogP contribution in [-0.4, -0.2) is 129 Å². The zero-order valence-electron chi connectivity index (χ0n) is 34.4. The number of nitrogens with two attached hydrogens (primary N) is 4. The number of aromatic nitrogens is 2. The summed E-state index contributed by atoms with van der Waals surface area (Å²) in [5.74, 6) is -9.96. The van der Waals surface area contributed by atoms with E-state index in [1.54, 1.807) is 44.2 Å². The molecule has 0 unspecified atom stereocenters. The smallest absolute Gasteiger partial charge is 0.326 e. The molecule has 62 heavy (non-hydrogen) atoms. The number of carboxylic acids is 2. The van der Waals surface area contributed by atoms with Gasteiger partial charge in [0.05, 0.1) is 19.3 Å². The number of carbonyl (C=O) groups excluding carboxylic acids is 7. The Morgan fingerprint density at radius 3 is 1.89 bits per heavy atom.